The molecule has 0 atom stereocenters. The molecule has 1 aromatic rings. The number of ketones is 1. The van der Waals surface area contributed by atoms with Gasteiger partial charge in [0.1, 0.15) is 0 Å². The van der Waals surface area contributed by atoms with Gasteiger partial charge in [-0.1, -0.05) is 0 Å². The molecule has 2 amide bonds. The van der Waals surface area contributed by atoms with E-state index in [2.05, 4.69) is 0 Å². The van der Waals surface area contributed by atoms with Crippen LogP contribution in [0.3, 0.4) is 0 Å². The lowest BCUT2D eigenvalue weighted by Gasteiger charge is -2.30. The molecule has 0 bridgehead atoms. The third kappa shape index (κ3) is 3.75. The minimum absolute atomic E-state index is 0.0154. The zero-order valence-corrected chi connectivity index (χ0v) is 13.8. The standard InChI is InChI=1S/C18H20N2O5/c21-16-9-10-17(22)19(16)11-12-1-3-13(4-2-12)18(23)14-5-7-15(8-6-14)20(24)25/h5-8,12-13H,1-4,9-11H2. The van der Waals surface area contributed by atoms with E-state index in [1.165, 1.54) is 29.2 Å². The Bertz CT molecular complexity index is 689. The molecule has 7 nitrogen and oxygen atoms in total. The van der Waals surface area contributed by atoms with Gasteiger partial charge in [-0.15, -0.1) is 0 Å². The van der Waals surface area contributed by atoms with Crippen LogP contribution in [0.1, 0.15) is 48.9 Å². The highest BCUT2D eigenvalue weighted by atomic mass is 16.6. The number of benzene rings is 1. The monoisotopic (exact) mass is 344 g/mol. The van der Waals surface area contributed by atoms with Crippen molar-refractivity contribution in [3.8, 4) is 0 Å². The fraction of sp³-hybridized carbons (Fsp3) is 0.500. The van der Waals surface area contributed by atoms with Crippen LogP contribution in [0, 0.1) is 22.0 Å². The van der Waals surface area contributed by atoms with Crippen LogP contribution in [0.4, 0.5) is 5.69 Å². The Morgan fingerprint density at radius 2 is 1.60 bits per heavy atom. The highest BCUT2D eigenvalue weighted by Gasteiger charge is 2.33. The molecule has 0 spiro atoms. The first-order chi connectivity index (χ1) is 12.0. The Balaban J connectivity index is 1.54. The molecule has 1 aliphatic carbocycles. The van der Waals surface area contributed by atoms with Crippen molar-refractivity contribution in [2.24, 2.45) is 11.8 Å². The number of Topliss-reactive ketones (excluding diaryl/α,β-unsaturated/α-hetero) is 1. The molecular formula is C18H20N2O5. The van der Waals surface area contributed by atoms with E-state index >= 15 is 0 Å². The van der Waals surface area contributed by atoms with Crippen molar-refractivity contribution < 1.29 is 19.3 Å². The summed E-state index contributed by atoms with van der Waals surface area (Å²) < 4.78 is 0. The van der Waals surface area contributed by atoms with Crippen LogP contribution in [0.25, 0.3) is 0 Å². The quantitative estimate of drug-likeness (QED) is 0.354. The number of carbonyl (C=O) groups is 3. The number of nitro groups is 1. The van der Waals surface area contributed by atoms with Gasteiger partial charge < -0.3 is 0 Å². The number of carbonyl (C=O) groups excluding carboxylic acids is 3. The van der Waals surface area contributed by atoms with Crippen LogP contribution in [-0.2, 0) is 9.59 Å². The Labute approximate surface area is 145 Å². The molecule has 1 saturated carbocycles. The average Bonchev–Trinajstić information content (AvgIpc) is 2.94. The minimum atomic E-state index is -0.486. The predicted octanol–water partition coefficient (Wildman–Crippen LogP) is 2.73. The third-order valence-corrected chi connectivity index (χ3v) is 5.18. The van der Waals surface area contributed by atoms with Crippen molar-refractivity contribution in [3.05, 3.63) is 39.9 Å². The Morgan fingerprint density at radius 3 is 2.12 bits per heavy atom. The molecule has 0 unspecified atom stereocenters. The molecule has 3 rings (SSSR count). The third-order valence-electron chi connectivity index (χ3n) is 5.18. The molecule has 2 aliphatic rings. The molecule has 1 aromatic carbocycles. The fourth-order valence-corrected chi connectivity index (χ4v) is 3.68. The van der Waals surface area contributed by atoms with Gasteiger partial charge in [-0.25, -0.2) is 0 Å². The van der Waals surface area contributed by atoms with Gasteiger partial charge in [0, 0.05) is 43.0 Å². The second-order valence-electron chi connectivity index (χ2n) is 6.78. The Hall–Kier alpha value is -2.57. The van der Waals surface area contributed by atoms with Crippen LogP contribution in [0.15, 0.2) is 24.3 Å². The van der Waals surface area contributed by atoms with E-state index in [1.807, 2.05) is 0 Å². The van der Waals surface area contributed by atoms with Crippen molar-refractivity contribution in [1.82, 2.24) is 4.90 Å². The Morgan fingerprint density at radius 1 is 1.04 bits per heavy atom. The number of non-ortho nitro benzene ring substituents is 1. The van der Waals surface area contributed by atoms with Gasteiger partial charge in [0.15, 0.2) is 5.78 Å². The van der Waals surface area contributed by atoms with Gasteiger partial charge in [-0.2, -0.15) is 0 Å². The number of rotatable bonds is 5. The van der Waals surface area contributed by atoms with Gasteiger partial charge in [-0.3, -0.25) is 29.4 Å². The summed E-state index contributed by atoms with van der Waals surface area (Å²) in [4.78, 5) is 47.5. The lowest BCUT2D eigenvalue weighted by atomic mass is 9.78. The zero-order valence-electron chi connectivity index (χ0n) is 13.8. The summed E-state index contributed by atoms with van der Waals surface area (Å²) in [6.07, 6.45) is 3.67. The number of hydrogen-bond acceptors (Lipinski definition) is 5. The van der Waals surface area contributed by atoms with E-state index in [4.69, 9.17) is 0 Å². The number of nitrogens with zero attached hydrogens (tertiary/aromatic N) is 2. The number of amides is 2. The lowest BCUT2D eigenvalue weighted by molar-refractivity contribution is -0.384. The summed E-state index contributed by atoms with van der Waals surface area (Å²) in [5.41, 5.74) is 0.471. The van der Waals surface area contributed by atoms with E-state index in [0.717, 1.165) is 25.7 Å². The molecule has 7 heteroatoms. The van der Waals surface area contributed by atoms with Gasteiger partial charge >= 0.3 is 0 Å². The van der Waals surface area contributed by atoms with Crippen molar-refractivity contribution in [1.29, 1.82) is 0 Å². The molecule has 0 aromatic heterocycles. The maximum atomic E-state index is 12.5. The van der Waals surface area contributed by atoms with Crippen molar-refractivity contribution in [2.45, 2.75) is 38.5 Å². The van der Waals surface area contributed by atoms with Crippen LogP contribution in [-0.4, -0.2) is 34.0 Å². The van der Waals surface area contributed by atoms with Gasteiger partial charge in [0.05, 0.1) is 4.92 Å². The van der Waals surface area contributed by atoms with E-state index in [1.54, 1.807) is 0 Å². The number of likely N-dealkylation sites (tertiary alicyclic amines) is 1. The largest absolute Gasteiger partial charge is 0.294 e. The molecule has 0 N–H and O–H groups in total. The maximum Gasteiger partial charge on any atom is 0.269 e. The van der Waals surface area contributed by atoms with Crippen molar-refractivity contribution in [2.75, 3.05) is 6.54 Å². The molecule has 1 saturated heterocycles. The Kier molecular flexibility index (Phi) is 4.92. The van der Waals surface area contributed by atoms with Gasteiger partial charge in [0.25, 0.3) is 5.69 Å². The van der Waals surface area contributed by atoms with Crippen LogP contribution in [0.2, 0.25) is 0 Å². The van der Waals surface area contributed by atoms with E-state index in [0.29, 0.717) is 24.9 Å². The normalized spacial score (nSPS) is 23.8. The summed E-state index contributed by atoms with van der Waals surface area (Å²) in [6.45, 7) is 0.468. The lowest BCUT2D eigenvalue weighted by Crippen LogP contribution is -2.36. The molecule has 1 aliphatic heterocycles. The van der Waals surface area contributed by atoms with E-state index < -0.39 is 4.92 Å². The van der Waals surface area contributed by atoms with Gasteiger partial charge in [0.2, 0.25) is 11.8 Å². The smallest absolute Gasteiger partial charge is 0.269 e. The second kappa shape index (κ2) is 7.13. The molecule has 2 fully saturated rings. The number of nitro benzene ring substituents is 1. The fourth-order valence-electron chi connectivity index (χ4n) is 3.68. The number of hydrogen-bond donors (Lipinski definition) is 0. The SMILES string of the molecule is O=C(c1ccc([N+](=O)[O-])cc1)C1CCC(CN2C(=O)CCC2=O)CC1. The topological polar surface area (TPSA) is 97.6 Å². The first-order valence-electron chi connectivity index (χ1n) is 8.57. The number of imide groups is 1. The highest BCUT2D eigenvalue weighted by Crippen LogP contribution is 2.32. The van der Waals surface area contributed by atoms with E-state index in [-0.39, 0.29) is 35.1 Å². The van der Waals surface area contributed by atoms with Crippen LogP contribution in [0.5, 0.6) is 0 Å². The average molecular weight is 344 g/mol. The molecule has 132 valence electrons. The predicted molar refractivity (Wildman–Crippen MR) is 88.8 cm³/mol. The molecule has 0 radical (unpaired) electrons. The second-order valence-corrected chi connectivity index (χ2v) is 6.78. The maximum absolute atomic E-state index is 12.5. The molecule has 25 heavy (non-hydrogen) atoms. The van der Waals surface area contributed by atoms with E-state index in [9.17, 15) is 24.5 Å². The van der Waals surface area contributed by atoms with Crippen LogP contribution >= 0.6 is 0 Å². The zero-order chi connectivity index (χ0) is 18.0. The minimum Gasteiger partial charge on any atom is -0.294 e. The van der Waals surface area contributed by atoms with Crippen molar-refractivity contribution >= 4 is 23.3 Å². The molecular weight excluding hydrogens is 324 g/mol. The summed E-state index contributed by atoms with van der Waals surface area (Å²) >= 11 is 0. The summed E-state index contributed by atoms with van der Waals surface area (Å²) in [5.74, 6) is -0.000527. The summed E-state index contributed by atoms with van der Waals surface area (Å²) in [7, 11) is 0. The highest BCUT2D eigenvalue weighted by molar-refractivity contribution is 6.02. The van der Waals surface area contributed by atoms with Gasteiger partial charge in [-0.05, 0) is 43.7 Å². The summed E-state index contributed by atoms with van der Waals surface area (Å²) in [5, 5.41) is 10.7. The first kappa shape index (κ1) is 17.3. The van der Waals surface area contributed by atoms with Crippen LogP contribution < -0.4 is 0 Å². The van der Waals surface area contributed by atoms with Crippen molar-refractivity contribution in [3.63, 3.8) is 0 Å². The summed E-state index contributed by atoms with van der Waals surface area (Å²) in [6, 6.07) is 5.72. The first-order valence-corrected chi connectivity index (χ1v) is 8.57. The molecule has 1 heterocycles.